The highest BCUT2D eigenvalue weighted by atomic mass is 19.4. The molecule has 1 aliphatic carbocycles. The number of hydrogen-bond acceptors (Lipinski definition) is 1. The number of carboxylic acid groups (broad SMARTS) is 1. The summed E-state index contributed by atoms with van der Waals surface area (Å²) in [5, 5.41) is 8.57. The molecule has 13 heavy (non-hydrogen) atoms. The fourth-order valence-electron chi connectivity index (χ4n) is 1.55. The van der Waals surface area contributed by atoms with E-state index in [1.165, 1.54) is 0 Å². The van der Waals surface area contributed by atoms with Gasteiger partial charge < -0.3 is 5.11 Å². The second-order valence-electron chi connectivity index (χ2n) is 3.46. The summed E-state index contributed by atoms with van der Waals surface area (Å²) in [4.78, 5) is 10.5. The lowest BCUT2D eigenvalue weighted by atomic mass is 9.74. The summed E-state index contributed by atoms with van der Waals surface area (Å²) >= 11 is 0. The van der Waals surface area contributed by atoms with E-state index in [4.69, 9.17) is 5.11 Å². The first kappa shape index (κ1) is 10.3. The van der Waals surface area contributed by atoms with Crippen molar-refractivity contribution in [1.82, 2.24) is 0 Å². The van der Waals surface area contributed by atoms with E-state index in [0.29, 0.717) is 12.8 Å². The first-order valence-corrected chi connectivity index (χ1v) is 4.19. The van der Waals surface area contributed by atoms with Crippen LogP contribution in [-0.4, -0.2) is 17.3 Å². The van der Waals surface area contributed by atoms with Crippen molar-refractivity contribution in [3.8, 4) is 0 Å². The quantitative estimate of drug-likeness (QED) is 0.752. The Hall–Kier alpha value is -0.740. The maximum atomic E-state index is 11.9. The van der Waals surface area contributed by atoms with Crippen molar-refractivity contribution >= 4 is 5.97 Å². The van der Waals surface area contributed by atoms with Gasteiger partial charge in [-0.25, -0.2) is 0 Å². The number of aliphatic carboxylic acids is 1. The molecule has 0 spiro atoms. The van der Waals surface area contributed by atoms with Gasteiger partial charge in [-0.15, -0.1) is 0 Å². The van der Waals surface area contributed by atoms with E-state index in [9.17, 15) is 18.0 Å². The van der Waals surface area contributed by atoms with Gasteiger partial charge in [-0.3, -0.25) is 4.79 Å². The second kappa shape index (κ2) is 3.55. The van der Waals surface area contributed by atoms with Crippen LogP contribution in [-0.2, 0) is 4.79 Å². The molecule has 0 heterocycles. The highest BCUT2D eigenvalue weighted by molar-refractivity contribution is 5.70. The molecule has 0 radical (unpaired) electrons. The fourth-order valence-corrected chi connectivity index (χ4v) is 1.55. The predicted molar refractivity (Wildman–Crippen MR) is 39.1 cm³/mol. The third-order valence-electron chi connectivity index (χ3n) is 2.49. The molecule has 2 nitrogen and oxygen atoms in total. The Labute approximate surface area is 73.7 Å². The van der Waals surface area contributed by atoms with Gasteiger partial charge in [0.05, 0.1) is 12.3 Å². The Morgan fingerprint density at radius 3 is 2.23 bits per heavy atom. The summed E-state index contributed by atoms with van der Waals surface area (Å²) in [5.74, 6) is -2.81. The number of hydrogen-bond donors (Lipinski definition) is 1. The molecule has 1 rings (SSSR count). The molecule has 76 valence electrons. The lowest BCUT2D eigenvalue weighted by Crippen LogP contribution is -2.32. The van der Waals surface area contributed by atoms with Crippen molar-refractivity contribution in [3.63, 3.8) is 0 Å². The first-order chi connectivity index (χ1) is 5.90. The van der Waals surface area contributed by atoms with Gasteiger partial charge in [0.25, 0.3) is 0 Å². The van der Waals surface area contributed by atoms with Gasteiger partial charge in [-0.2, -0.15) is 13.2 Å². The number of halogens is 3. The molecule has 5 heteroatoms. The molecule has 0 unspecified atom stereocenters. The van der Waals surface area contributed by atoms with Crippen LogP contribution in [0.4, 0.5) is 13.2 Å². The lowest BCUT2D eigenvalue weighted by Gasteiger charge is -2.31. The molecule has 0 aliphatic heterocycles. The summed E-state index contributed by atoms with van der Waals surface area (Å²) in [6.07, 6.45) is -3.46. The third-order valence-corrected chi connectivity index (χ3v) is 2.49. The predicted octanol–water partition coefficient (Wildman–Crippen LogP) is 2.44. The lowest BCUT2D eigenvalue weighted by molar-refractivity contribution is -0.170. The molecule has 0 aromatic heterocycles. The summed E-state index contributed by atoms with van der Waals surface area (Å²) < 4.78 is 35.8. The van der Waals surface area contributed by atoms with Gasteiger partial charge in [0.1, 0.15) is 0 Å². The van der Waals surface area contributed by atoms with Gasteiger partial charge in [0, 0.05) is 0 Å². The minimum absolute atomic E-state index is 0.265. The standard InChI is InChI=1S/C8H11F3O2/c9-8(10,11)4-6(7(12)13)5-2-1-3-5/h5-6H,1-4H2,(H,12,13)/t6-/m0/s1. The summed E-state index contributed by atoms with van der Waals surface area (Å²) in [6, 6.07) is 0. The number of alkyl halides is 3. The van der Waals surface area contributed by atoms with Gasteiger partial charge in [-0.05, 0) is 18.8 Å². The Morgan fingerprint density at radius 1 is 1.46 bits per heavy atom. The van der Waals surface area contributed by atoms with Crippen molar-refractivity contribution < 1.29 is 23.1 Å². The average Bonchev–Trinajstić information content (AvgIpc) is 1.78. The van der Waals surface area contributed by atoms with Crippen molar-refractivity contribution in [3.05, 3.63) is 0 Å². The zero-order chi connectivity index (χ0) is 10.1. The normalized spacial score (nSPS) is 20.8. The van der Waals surface area contributed by atoms with Gasteiger partial charge in [-0.1, -0.05) is 6.42 Å². The maximum Gasteiger partial charge on any atom is 0.389 e. The second-order valence-corrected chi connectivity index (χ2v) is 3.46. The van der Waals surface area contributed by atoms with E-state index < -0.39 is 24.5 Å². The highest BCUT2D eigenvalue weighted by Gasteiger charge is 2.41. The topological polar surface area (TPSA) is 37.3 Å². The number of carbonyl (C=O) groups is 1. The van der Waals surface area contributed by atoms with E-state index in [2.05, 4.69) is 0 Å². The van der Waals surface area contributed by atoms with Crippen molar-refractivity contribution in [2.75, 3.05) is 0 Å². The third kappa shape index (κ3) is 2.90. The van der Waals surface area contributed by atoms with Crippen molar-refractivity contribution in [1.29, 1.82) is 0 Å². The van der Waals surface area contributed by atoms with Crippen LogP contribution in [0.5, 0.6) is 0 Å². The molecule has 1 saturated carbocycles. The van der Waals surface area contributed by atoms with Crippen LogP contribution < -0.4 is 0 Å². The molecule has 0 bridgehead atoms. The summed E-state index contributed by atoms with van der Waals surface area (Å²) in [6.45, 7) is 0. The van der Waals surface area contributed by atoms with E-state index in [1.807, 2.05) is 0 Å². The molecular weight excluding hydrogens is 185 g/mol. The Bertz CT molecular complexity index is 196. The van der Waals surface area contributed by atoms with Crippen LogP contribution in [0.2, 0.25) is 0 Å². The molecule has 0 aromatic rings. The first-order valence-electron chi connectivity index (χ1n) is 4.19. The zero-order valence-corrected chi connectivity index (χ0v) is 6.97. The van der Waals surface area contributed by atoms with Crippen molar-refractivity contribution in [2.24, 2.45) is 11.8 Å². The maximum absolute atomic E-state index is 11.9. The van der Waals surface area contributed by atoms with Gasteiger partial charge in [0.2, 0.25) is 0 Å². The molecular formula is C8H11F3O2. The SMILES string of the molecule is O=C(O)[C@@H](CC(F)(F)F)C1CCC1. The molecule has 1 aliphatic rings. The Morgan fingerprint density at radius 2 is 2.00 bits per heavy atom. The number of carboxylic acids is 1. The molecule has 1 atom stereocenters. The molecule has 1 fully saturated rings. The minimum atomic E-state index is -4.36. The molecule has 0 aromatic carbocycles. The molecule has 1 N–H and O–H groups in total. The van der Waals surface area contributed by atoms with Gasteiger partial charge in [0.15, 0.2) is 0 Å². The molecule has 0 amide bonds. The number of rotatable bonds is 3. The highest BCUT2D eigenvalue weighted by Crippen LogP contribution is 2.39. The van der Waals surface area contributed by atoms with Crippen molar-refractivity contribution in [2.45, 2.75) is 31.9 Å². The van der Waals surface area contributed by atoms with Crippen LogP contribution in [0.25, 0.3) is 0 Å². The minimum Gasteiger partial charge on any atom is -0.481 e. The van der Waals surface area contributed by atoms with Crippen LogP contribution in [0.1, 0.15) is 25.7 Å². The summed E-state index contributed by atoms with van der Waals surface area (Å²) in [7, 11) is 0. The van der Waals surface area contributed by atoms with Gasteiger partial charge >= 0.3 is 12.1 Å². The van der Waals surface area contributed by atoms with E-state index >= 15 is 0 Å². The fraction of sp³-hybridized carbons (Fsp3) is 0.875. The van der Waals surface area contributed by atoms with Crippen LogP contribution in [0, 0.1) is 11.8 Å². The van der Waals surface area contributed by atoms with Crippen LogP contribution in [0.3, 0.4) is 0 Å². The van der Waals surface area contributed by atoms with E-state index in [0.717, 1.165) is 6.42 Å². The summed E-state index contributed by atoms with van der Waals surface area (Å²) in [5.41, 5.74) is 0. The van der Waals surface area contributed by atoms with Crippen LogP contribution >= 0.6 is 0 Å². The van der Waals surface area contributed by atoms with E-state index in [1.54, 1.807) is 0 Å². The average molecular weight is 196 g/mol. The largest absolute Gasteiger partial charge is 0.481 e. The van der Waals surface area contributed by atoms with Crippen LogP contribution in [0.15, 0.2) is 0 Å². The van der Waals surface area contributed by atoms with E-state index in [-0.39, 0.29) is 5.92 Å². The smallest absolute Gasteiger partial charge is 0.389 e. The molecule has 0 saturated heterocycles. The Kier molecular flexibility index (Phi) is 2.83. The monoisotopic (exact) mass is 196 g/mol. The zero-order valence-electron chi connectivity index (χ0n) is 6.97. The Balaban J connectivity index is 2.52.